The molecule has 0 aliphatic carbocycles. The Morgan fingerprint density at radius 2 is 2.00 bits per heavy atom. The van der Waals surface area contributed by atoms with Crippen LogP contribution in [0.1, 0.15) is 25.2 Å². The van der Waals surface area contributed by atoms with Gasteiger partial charge in [-0.25, -0.2) is 4.79 Å². The third-order valence-electron chi connectivity index (χ3n) is 4.21. The zero-order valence-electron chi connectivity index (χ0n) is 15.3. The van der Waals surface area contributed by atoms with Gasteiger partial charge in [0.15, 0.2) is 0 Å². The topological polar surface area (TPSA) is 71.4 Å². The third kappa shape index (κ3) is 6.13. The highest BCUT2D eigenvalue weighted by Gasteiger charge is 2.15. The van der Waals surface area contributed by atoms with E-state index in [4.69, 9.17) is 4.74 Å². The maximum Gasteiger partial charge on any atom is 0.315 e. The van der Waals surface area contributed by atoms with Crippen LogP contribution in [-0.4, -0.2) is 66.1 Å². The van der Waals surface area contributed by atoms with Gasteiger partial charge in [-0.2, -0.15) is 5.10 Å². The summed E-state index contributed by atoms with van der Waals surface area (Å²) in [5.41, 5.74) is 2.19. The lowest BCUT2D eigenvalue weighted by Gasteiger charge is -2.29. The van der Waals surface area contributed by atoms with Gasteiger partial charge in [0.2, 0.25) is 0 Å². The smallest absolute Gasteiger partial charge is 0.315 e. The van der Waals surface area contributed by atoms with E-state index in [1.807, 2.05) is 18.5 Å². The summed E-state index contributed by atoms with van der Waals surface area (Å²) >= 11 is 0. The number of nitrogens with one attached hydrogen (secondary N) is 2. The molecule has 1 aromatic heterocycles. The number of aryl methyl sites for hydroxylation is 2. The molecule has 2 heterocycles. The number of nitrogens with zero attached hydrogens (tertiary/aromatic N) is 3. The quantitative estimate of drug-likeness (QED) is 0.783. The third-order valence-corrected chi connectivity index (χ3v) is 4.21. The van der Waals surface area contributed by atoms with E-state index in [2.05, 4.69) is 40.5 Å². The molecule has 1 aliphatic rings. The van der Waals surface area contributed by atoms with Gasteiger partial charge in [0.25, 0.3) is 0 Å². The van der Waals surface area contributed by atoms with Gasteiger partial charge in [-0.3, -0.25) is 9.58 Å². The molecule has 2 atom stereocenters. The summed E-state index contributed by atoms with van der Waals surface area (Å²) in [6.45, 7) is 13.9. The number of carbonyl (C=O) groups is 1. The molecule has 0 aromatic carbocycles. The van der Waals surface area contributed by atoms with Crippen LogP contribution in [0.5, 0.6) is 0 Å². The number of rotatable bonds is 7. The summed E-state index contributed by atoms with van der Waals surface area (Å²) in [5, 5.41) is 10.4. The average Bonchev–Trinajstić information content (AvgIpc) is 2.83. The number of amides is 2. The average molecular weight is 337 g/mol. The van der Waals surface area contributed by atoms with Crippen molar-refractivity contribution in [2.24, 2.45) is 5.92 Å². The van der Waals surface area contributed by atoms with Crippen molar-refractivity contribution in [2.45, 2.75) is 40.3 Å². The zero-order chi connectivity index (χ0) is 17.5. The monoisotopic (exact) mass is 337 g/mol. The van der Waals surface area contributed by atoms with Crippen LogP contribution in [0.25, 0.3) is 0 Å². The van der Waals surface area contributed by atoms with Gasteiger partial charge in [-0.05, 0) is 32.8 Å². The Bertz CT molecular complexity index is 525. The van der Waals surface area contributed by atoms with Gasteiger partial charge in [0, 0.05) is 44.5 Å². The summed E-state index contributed by atoms with van der Waals surface area (Å²) in [6.07, 6.45) is 0. The van der Waals surface area contributed by atoms with Crippen molar-refractivity contribution in [2.75, 3.05) is 39.4 Å². The van der Waals surface area contributed by atoms with Crippen LogP contribution in [0.15, 0.2) is 6.07 Å². The molecule has 2 amide bonds. The van der Waals surface area contributed by atoms with Gasteiger partial charge >= 0.3 is 6.03 Å². The molecule has 7 nitrogen and oxygen atoms in total. The molecule has 1 fully saturated rings. The number of aromatic nitrogens is 2. The predicted octanol–water partition coefficient (Wildman–Crippen LogP) is 1.16. The molecule has 7 heteroatoms. The largest absolute Gasteiger partial charge is 0.379 e. The van der Waals surface area contributed by atoms with Crippen LogP contribution in [0.4, 0.5) is 4.79 Å². The summed E-state index contributed by atoms with van der Waals surface area (Å²) in [6, 6.07) is 2.09. The minimum atomic E-state index is -0.101. The van der Waals surface area contributed by atoms with E-state index in [0.29, 0.717) is 12.5 Å². The van der Waals surface area contributed by atoms with Crippen LogP contribution in [-0.2, 0) is 11.3 Å². The molecule has 0 saturated carbocycles. The first-order valence-electron chi connectivity index (χ1n) is 8.79. The van der Waals surface area contributed by atoms with E-state index in [9.17, 15) is 4.79 Å². The zero-order valence-corrected chi connectivity index (χ0v) is 15.3. The molecule has 0 unspecified atom stereocenters. The van der Waals surface area contributed by atoms with Crippen LogP contribution in [0.3, 0.4) is 0 Å². The summed E-state index contributed by atoms with van der Waals surface area (Å²) in [4.78, 5) is 14.4. The Kier molecular flexibility index (Phi) is 7.05. The second-order valence-corrected chi connectivity index (χ2v) is 6.88. The fraction of sp³-hybridized carbons (Fsp3) is 0.765. The van der Waals surface area contributed by atoms with Crippen molar-refractivity contribution in [3.63, 3.8) is 0 Å². The fourth-order valence-electron chi connectivity index (χ4n) is 2.98. The highest BCUT2D eigenvalue weighted by molar-refractivity contribution is 5.74. The minimum absolute atomic E-state index is 0.101. The molecule has 1 aliphatic heterocycles. The summed E-state index contributed by atoms with van der Waals surface area (Å²) < 4.78 is 7.34. The van der Waals surface area contributed by atoms with Crippen LogP contribution >= 0.6 is 0 Å². The molecule has 24 heavy (non-hydrogen) atoms. The number of hydrogen-bond acceptors (Lipinski definition) is 4. The summed E-state index contributed by atoms with van der Waals surface area (Å²) in [5.74, 6) is 0.322. The highest BCUT2D eigenvalue weighted by Crippen LogP contribution is 2.06. The van der Waals surface area contributed by atoms with E-state index < -0.39 is 0 Å². The van der Waals surface area contributed by atoms with Crippen molar-refractivity contribution >= 4 is 6.03 Å². The van der Waals surface area contributed by atoms with Gasteiger partial charge in [0.05, 0.1) is 18.9 Å². The van der Waals surface area contributed by atoms with E-state index >= 15 is 0 Å². The molecule has 1 saturated heterocycles. The lowest BCUT2D eigenvalue weighted by molar-refractivity contribution is 0.0349. The van der Waals surface area contributed by atoms with E-state index in [0.717, 1.165) is 50.8 Å². The number of morpholine rings is 1. The second-order valence-electron chi connectivity index (χ2n) is 6.88. The molecule has 2 rings (SSSR count). The molecule has 0 bridgehead atoms. The van der Waals surface area contributed by atoms with Crippen molar-refractivity contribution < 1.29 is 9.53 Å². The number of hydrogen-bond donors (Lipinski definition) is 2. The van der Waals surface area contributed by atoms with Crippen LogP contribution in [0.2, 0.25) is 0 Å². The predicted molar refractivity (Wildman–Crippen MR) is 94.1 cm³/mol. The molecule has 136 valence electrons. The van der Waals surface area contributed by atoms with Gasteiger partial charge in [-0.1, -0.05) is 6.92 Å². The summed E-state index contributed by atoms with van der Waals surface area (Å²) in [7, 11) is 0. The maximum absolute atomic E-state index is 12.0. The SMILES string of the molecule is Cc1cc(C)n(C[C@@H](C)CNC(=O)N[C@H](C)CN2CCOCC2)n1. The lowest BCUT2D eigenvalue weighted by Crippen LogP contribution is -2.49. The molecule has 2 N–H and O–H groups in total. The first-order chi connectivity index (χ1) is 11.4. The van der Waals surface area contributed by atoms with Crippen molar-refractivity contribution in [1.29, 1.82) is 0 Å². The number of urea groups is 1. The first-order valence-corrected chi connectivity index (χ1v) is 8.79. The minimum Gasteiger partial charge on any atom is -0.379 e. The number of ether oxygens (including phenoxy) is 1. The lowest BCUT2D eigenvalue weighted by atomic mass is 10.2. The first kappa shape index (κ1) is 18.7. The van der Waals surface area contributed by atoms with Gasteiger partial charge in [-0.15, -0.1) is 0 Å². The molecular formula is C17H31N5O2. The highest BCUT2D eigenvalue weighted by atomic mass is 16.5. The van der Waals surface area contributed by atoms with Gasteiger partial charge < -0.3 is 15.4 Å². The van der Waals surface area contributed by atoms with Crippen molar-refractivity contribution in [1.82, 2.24) is 25.3 Å². The van der Waals surface area contributed by atoms with E-state index in [1.165, 1.54) is 0 Å². The Labute approximate surface area is 144 Å². The molecule has 1 aromatic rings. The fourth-order valence-corrected chi connectivity index (χ4v) is 2.98. The van der Waals surface area contributed by atoms with Crippen molar-refractivity contribution in [3.05, 3.63) is 17.5 Å². The number of carbonyl (C=O) groups excluding carboxylic acids is 1. The van der Waals surface area contributed by atoms with E-state index in [1.54, 1.807) is 0 Å². The standard InChI is InChI=1S/C17H31N5O2/c1-13(11-22-16(4)9-14(2)20-22)10-18-17(23)19-15(3)12-21-5-7-24-8-6-21/h9,13,15H,5-8,10-12H2,1-4H3,(H2,18,19,23)/t13-,15+/m0/s1. The van der Waals surface area contributed by atoms with Gasteiger partial charge in [0.1, 0.15) is 0 Å². The normalized spacial score (nSPS) is 18.2. The van der Waals surface area contributed by atoms with Crippen LogP contribution < -0.4 is 10.6 Å². The maximum atomic E-state index is 12.0. The Morgan fingerprint density at radius 1 is 1.29 bits per heavy atom. The Morgan fingerprint density at radius 3 is 2.62 bits per heavy atom. The molecule has 0 radical (unpaired) electrons. The van der Waals surface area contributed by atoms with E-state index in [-0.39, 0.29) is 12.1 Å². The second kappa shape index (κ2) is 9.03. The Balaban J connectivity index is 1.65. The Hall–Kier alpha value is -1.60. The van der Waals surface area contributed by atoms with Crippen LogP contribution in [0, 0.1) is 19.8 Å². The van der Waals surface area contributed by atoms with Crippen molar-refractivity contribution in [3.8, 4) is 0 Å². The molecule has 0 spiro atoms. The molecular weight excluding hydrogens is 306 g/mol.